The Morgan fingerprint density at radius 1 is 0.349 bits per heavy atom. The Morgan fingerprint density at radius 2 is 0.837 bits per heavy atom. The highest BCUT2D eigenvalue weighted by Crippen LogP contribution is 2.41. The van der Waals surface area contributed by atoms with Crippen molar-refractivity contribution in [2.24, 2.45) is 0 Å². The first kappa shape index (κ1) is 26.3. The number of fused-ring (bicyclic) bond motifs is 1. The number of anilines is 5. The van der Waals surface area contributed by atoms with Crippen LogP contribution in [0.1, 0.15) is 0 Å². The van der Waals surface area contributed by atoms with E-state index in [1.165, 1.54) is 33.0 Å². The molecule has 0 N–H and O–H groups in total. The third-order valence-electron chi connectivity index (χ3n) is 8.08. The van der Waals surface area contributed by atoms with Crippen molar-refractivity contribution in [2.75, 3.05) is 16.8 Å². The lowest BCUT2D eigenvalue weighted by Gasteiger charge is -2.28. The minimum atomic E-state index is 1.11. The molecule has 2 heteroatoms. The summed E-state index contributed by atoms with van der Waals surface area (Å²) in [6, 6.07) is 62.7. The van der Waals surface area contributed by atoms with Gasteiger partial charge in [-0.25, -0.2) is 0 Å². The first-order chi connectivity index (χ1) is 21.2. The molecule has 0 unspecified atom stereocenters. The second-order valence-corrected chi connectivity index (χ2v) is 10.7. The van der Waals surface area contributed by atoms with Crippen molar-refractivity contribution in [3.63, 3.8) is 0 Å². The van der Waals surface area contributed by atoms with Crippen LogP contribution >= 0.6 is 0 Å². The Labute approximate surface area is 253 Å². The maximum absolute atomic E-state index is 2.37. The summed E-state index contributed by atoms with van der Waals surface area (Å²) >= 11 is 0. The van der Waals surface area contributed by atoms with Crippen LogP contribution in [0.15, 0.2) is 176 Å². The van der Waals surface area contributed by atoms with Crippen LogP contribution in [0.5, 0.6) is 0 Å². The van der Waals surface area contributed by atoms with Crippen molar-refractivity contribution in [1.82, 2.24) is 0 Å². The highest BCUT2D eigenvalue weighted by molar-refractivity contribution is 5.99. The lowest BCUT2D eigenvalue weighted by molar-refractivity contribution is 1.20. The van der Waals surface area contributed by atoms with Crippen LogP contribution < -0.4 is 9.80 Å². The Hall–Kier alpha value is -5.60. The molecule has 0 atom stereocenters. The van der Waals surface area contributed by atoms with Crippen molar-refractivity contribution in [2.45, 2.75) is 0 Å². The first-order valence-electron chi connectivity index (χ1n) is 14.7. The first-order valence-corrected chi connectivity index (χ1v) is 14.7. The summed E-state index contributed by atoms with van der Waals surface area (Å²) in [5.41, 5.74) is 10.5. The number of rotatable bonds is 7. The molecule has 0 saturated carbocycles. The number of hydrogen-bond acceptors (Lipinski definition) is 2. The van der Waals surface area contributed by atoms with Crippen molar-refractivity contribution in [3.8, 4) is 22.3 Å². The smallest absolute Gasteiger partial charge is 0.0540 e. The maximum Gasteiger partial charge on any atom is 0.0540 e. The molecule has 206 valence electrons. The zero-order chi connectivity index (χ0) is 29.0. The average Bonchev–Trinajstić information content (AvgIpc) is 3.09. The average molecular weight is 553 g/mol. The van der Waals surface area contributed by atoms with Gasteiger partial charge in [-0.1, -0.05) is 121 Å². The van der Waals surface area contributed by atoms with Crippen LogP contribution in [0, 0.1) is 0 Å². The molecular formula is C41H32N2. The van der Waals surface area contributed by atoms with E-state index in [0.717, 1.165) is 28.4 Å². The molecule has 0 amide bonds. The molecule has 0 bridgehead atoms. The Bertz CT molecular complexity index is 1960. The van der Waals surface area contributed by atoms with E-state index in [9.17, 15) is 0 Å². The maximum atomic E-state index is 2.37. The Balaban J connectivity index is 1.26. The number of benzene rings is 7. The van der Waals surface area contributed by atoms with Gasteiger partial charge in [-0.3, -0.25) is 0 Å². The van der Waals surface area contributed by atoms with Crippen LogP contribution in [-0.4, -0.2) is 7.05 Å². The third kappa shape index (κ3) is 5.39. The van der Waals surface area contributed by atoms with Gasteiger partial charge in [-0.15, -0.1) is 0 Å². The van der Waals surface area contributed by atoms with Crippen molar-refractivity contribution < 1.29 is 0 Å². The predicted octanol–water partition coefficient (Wildman–Crippen LogP) is 11.4. The molecular weight excluding hydrogens is 520 g/mol. The van der Waals surface area contributed by atoms with E-state index in [0.29, 0.717) is 0 Å². The number of hydrogen-bond donors (Lipinski definition) is 0. The van der Waals surface area contributed by atoms with E-state index in [4.69, 9.17) is 0 Å². The van der Waals surface area contributed by atoms with Gasteiger partial charge in [-0.05, 0) is 82.2 Å². The predicted molar refractivity (Wildman–Crippen MR) is 184 cm³/mol. The van der Waals surface area contributed by atoms with Gasteiger partial charge in [-0.2, -0.15) is 0 Å². The topological polar surface area (TPSA) is 6.48 Å². The van der Waals surface area contributed by atoms with Crippen LogP contribution in [0.2, 0.25) is 0 Å². The lowest BCUT2D eigenvalue weighted by atomic mass is 10.0. The molecule has 0 saturated heterocycles. The van der Waals surface area contributed by atoms with Gasteiger partial charge in [0.2, 0.25) is 0 Å². The van der Waals surface area contributed by atoms with E-state index in [1.807, 2.05) is 0 Å². The van der Waals surface area contributed by atoms with Crippen LogP contribution in [0.4, 0.5) is 28.4 Å². The number of nitrogens with zero attached hydrogens (tertiary/aromatic N) is 2. The fourth-order valence-corrected chi connectivity index (χ4v) is 5.77. The third-order valence-corrected chi connectivity index (χ3v) is 8.08. The Morgan fingerprint density at radius 3 is 1.53 bits per heavy atom. The highest BCUT2D eigenvalue weighted by atomic mass is 15.1. The molecule has 0 aromatic heterocycles. The summed E-state index contributed by atoms with van der Waals surface area (Å²) in [7, 11) is 2.12. The van der Waals surface area contributed by atoms with Gasteiger partial charge in [0.05, 0.1) is 5.69 Å². The van der Waals surface area contributed by atoms with Gasteiger partial charge >= 0.3 is 0 Å². The zero-order valence-electron chi connectivity index (χ0n) is 24.1. The summed E-state index contributed by atoms with van der Waals surface area (Å²) in [5.74, 6) is 0. The van der Waals surface area contributed by atoms with Crippen LogP contribution in [0.25, 0.3) is 33.0 Å². The van der Waals surface area contributed by atoms with Gasteiger partial charge in [0.25, 0.3) is 0 Å². The summed E-state index contributed by atoms with van der Waals surface area (Å²) < 4.78 is 0. The molecule has 0 heterocycles. The van der Waals surface area contributed by atoms with Crippen LogP contribution in [0.3, 0.4) is 0 Å². The lowest BCUT2D eigenvalue weighted by Crippen LogP contribution is -2.12. The molecule has 0 spiro atoms. The molecule has 0 aliphatic rings. The molecule has 2 nitrogen and oxygen atoms in total. The normalized spacial score (nSPS) is 10.9. The Kier molecular flexibility index (Phi) is 7.17. The minimum absolute atomic E-state index is 1.11. The van der Waals surface area contributed by atoms with E-state index >= 15 is 0 Å². The van der Waals surface area contributed by atoms with E-state index in [-0.39, 0.29) is 0 Å². The van der Waals surface area contributed by atoms with E-state index < -0.39 is 0 Å². The van der Waals surface area contributed by atoms with Crippen LogP contribution in [-0.2, 0) is 0 Å². The molecule has 0 fully saturated rings. The SMILES string of the molecule is CN(c1ccc(-c2ccccc2)cc1)c1ccc(N(c2cccc(-c3ccccc3)c2)c2cccc3ccccc23)cc1. The minimum Gasteiger partial charge on any atom is -0.345 e. The second-order valence-electron chi connectivity index (χ2n) is 10.7. The molecule has 7 aromatic carbocycles. The molecule has 43 heavy (non-hydrogen) atoms. The van der Waals surface area contributed by atoms with Gasteiger partial charge in [0.15, 0.2) is 0 Å². The van der Waals surface area contributed by atoms with Crippen molar-refractivity contribution in [1.29, 1.82) is 0 Å². The summed E-state index contributed by atoms with van der Waals surface area (Å²) in [6.07, 6.45) is 0. The molecule has 7 aromatic rings. The summed E-state index contributed by atoms with van der Waals surface area (Å²) in [5, 5.41) is 2.44. The molecule has 7 rings (SSSR count). The van der Waals surface area contributed by atoms with E-state index in [1.54, 1.807) is 0 Å². The zero-order valence-corrected chi connectivity index (χ0v) is 24.1. The second kappa shape index (κ2) is 11.7. The monoisotopic (exact) mass is 552 g/mol. The molecule has 0 radical (unpaired) electrons. The fraction of sp³-hybridized carbons (Fsp3) is 0.0244. The van der Waals surface area contributed by atoms with Gasteiger partial charge in [0.1, 0.15) is 0 Å². The largest absolute Gasteiger partial charge is 0.345 e. The van der Waals surface area contributed by atoms with E-state index in [2.05, 4.69) is 193 Å². The summed E-state index contributed by atoms with van der Waals surface area (Å²) in [6.45, 7) is 0. The molecule has 0 aliphatic heterocycles. The summed E-state index contributed by atoms with van der Waals surface area (Å²) in [4.78, 5) is 4.60. The van der Waals surface area contributed by atoms with Crippen molar-refractivity contribution >= 4 is 39.2 Å². The van der Waals surface area contributed by atoms with Crippen molar-refractivity contribution in [3.05, 3.63) is 176 Å². The standard InChI is InChI=1S/C41H32N2/c1-42(36-24-22-33(23-25-36)31-12-4-2-5-13-31)37-26-28-38(29-27-37)43(41-21-11-17-34-16-8-9-20-40(34)41)39-19-10-18-35(30-39)32-14-6-3-7-15-32/h2-30H,1H3. The van der Waals surface area contributed by atoms with Gasteiger partial charge < -0.3 is 9.80 Å². The fourth-order valence-electron chi connectivity index (χ4n) is 5.77. The highest BCUT2D eigenvalue weighted by Gasteiger charge is 2.16. The molecule has 0 aliphatic carbocycles. The van der Waals surface area contributed by atoms with Gasteiger partial charge in [0, 0.05) is 35.2 Å². The quantitative estimate of drug-likeness (QED) is 0.194.